The largest absolute Gasteiger partial charge is 0.445 e. The summed E-state index contributed by atoms with van der Waals surface area (Å²) in [6, 6.07) is 32.5. The number of nitrogens with one attached hydrogen (secondary N) is 3. The third-order valence-corrected chi connectivity index (χ3v) is 9.33. The Kier molecular flexibility index (Phi) is 10.3. The molecular formula is C40H41N3O5. The summed E-state index contributed by atoms with van der Waals surface area (Å²) in [7, 11) is 0. The van der Waals surface area contributed by atoms with Gasteiger partial charge in [0.1, 0.15) is 18.2 Å². The minimum Gasteiger partial charge on any atom is -0.445 e. The van der Waals surface area contributed by atoms with Gasteiger partial charge in [-0.25, -0.2) is 4.79 Å². The topological polar surface area (TPSA) is 114 Å². The summed E-state index contributed by atoms with van der Waals surface area (Å²) in [5.74, 6) is -0.851. The Morgan fingerprint density at radius 2 is 1.33 bits per heavy atom. The van der Waals surface area contributed by atoms with E-state index in [1.165, 1.54) is 0 Å². The lowest BCUT2D eigenvalue weighted by Crippen LogP contribution is -2.63. The van der Waals surface area contributed by atoms with Crippen LogP contribution in [-0.2, 0) is 40.2 Å². The van der Waals surface area contributed by atoms with Gasteiger partial charge < -0.3 is 20.7 Å². The van der Waals surface area contributed by atoms with Crippen LogP contribution in [0.1, 0.15) is 70.3 Å². The van der Waals surface area contributed by atoms with Crippen LogP contribution in [0.2, 0.25) is 0 Å². The molecule has 1 fully saturated rings. The molecule has 3 amide bonds. The fourth-order valence-corrected chi connectivity index (χ4v) is 6.74. The van der Waals surface area contributed by atoms with Crippen LogP contribution in [-0.4, -0.2) is 41.3 Å². The van der Waals surface area contributed by atoms with Crippen molar-refractivity contribution < 1.29 is 23.9 Å². The van der Waals surface area contributed by atoms with Crippen LogP contribution in [0.5, 0.6) is 0 Å². The number of carbonyl (C=O) groups excluding carboxylic acids is 4. The highest BCUT2D eigenvalue weighted by Crippen LogP contribution is 2.32. The van der Waals surface area contributed by atoms with Gasteiger partial charge in [-0.3, -0.25) is 14.4 Å². The maximum Gasteiger partial charge on any atom is 0.408 e. The summed E-state index contributed by atoms with van der Waals surface area (Å²) in [4.78, 5) is 54.8. The number of hydrogen-bond donors (Lipinski definition) is 3. The van der Waals surface area contributed by atoms with Crippen molar-refractivity contribution in [1.29, 1.82) is 0 Å². The summed E-state index contributed by atoms with van der Waals surface area (Å²) in [5, 5.41) is 9.09. The predicted octanol–water partition coefficient (Wildman–Crippen LogP) is 5.86. The number of rotatable bonds is 11. The minimum atomic E-state index is -1.44. The lowest BCUT2D eigenvalue weighted by atomic mass is 9.92. The van der Waals surface area contributed by atoms with E-state index in [1.54, 1.807) is 24.3 Å². The van der Waals surface area contributed by atoms with E-state index in [-0.39, 0.29) is 37.2 Å². The molecule has 48 heavy (non-hydrogen) atoms. The van der Waals surface area contributed by atoms with Gasteiger partial charge >= 0.3 is 6.09 Å². The zero-order valence-electron chi connectivity index (χ0n) is 27.0. The van der Waals surface area contributed by atoms with Crippen LogP contribution in [0, 0.1) is 0 Å². The molecule has 2 atom stereocenters. The molecule has 2 aliphatic rings. The summed E-state index contributed by atoms with van der Waals surface area (Å²) in [6.45, 7) is 0.0352. The SMILES string of the molecule is O=C(N[C@]1(C(=O)N[C@@H](Cc2ccccc2)C(=O)NC2CCCCC2)Cc2ccc(C(=O)c3ccccc3)cc2C1)OCc1ccccc1. The highest BCUT2D eigenvalue weighted by atomic mass is 16.5. The Morgan fingerprint density at radius 1 is 0.708 bits per heavy atom. The van der Waals surface area contributed by atoms with Gasteiger partial charge in [-0.15, -0.1) is 0 Å². The van der Waals surface area contributed by atoms with Crippen LogP contribution in [0.25, 0.3) is 0 Å². The van der Waals surface area contributed by atoms with E-state index in [1.807, 2.05) is 84.9 Å². The number of carbonyl (C=O) groups is 4. The van der Waals surface area contributed by atoms with E-state index in [0.717, 1.165) is 54.4 Å². The van der Waals surface area contributed by atoms with E-state index in [4.69, 9.17) is 4.74 Å². The predicted molar refractivity (Wildman–Crippen MR) is 183 cm³/mol. The summed E-state index contributed by atoms with van der Waals surface area (Å²) >= 11 is 0. The monoisotopic (exact) mass is 643 g/mol. The number of benzene rings is 4. The number of amides is 3. The minimum absolute atomic E-state index is 0.0352. The van der Waals surface area contributed by atoms with Crippen molar-refractivity contribution in [3.8, 4) is 0 Å². The molecule has 4 aromatic carbocycles. The standard InChI is InChI=1S/C40H41N3O5/c44-36(30-17-9-3-10-18-30)31-21-22-32-25-40(26-33(32)24-31,43-39(47)48-27-29-15-7-2-8-16-29)38(46)42-35(23-28-13-5-1-6-14-28)37(45)41-34-19-11-4-12-20-34/h1-3,5-10,13-18,21-22,24,34-35H,4,11-12,19-20,23,25-27H2,(H,41,45)(H,42,46)(H,43,47)/t35-,40+/m0/s1. The third kappa shape index (κ3) is 8.00. The van der Waals surface area contributed by atoms with Gasteiger partial charge in [-0.2, -0.15) is 0 Å². The Bertz CT molecular complexity index is 1740. The first kappa shape index (κ1) is 32.7. The molecule has 4 aromatic rings. The molecular weight excluding hydrogens is 602 g/mol. The highest BCUT2D eigenvalue weighted by Gasteiger charge is 2.47. The second-order valence-electron chi connectivity index (χ2n) is 12.9. The summed E-state index contributed by atoms with van der Waals surface area (Å²) in [5.41, 5.74) is 2.96. The van der Waals surface area contributed by atoms with Crippen LogP contribution in [0.15, 0.2) is 109 Å². The molecule has 1 saturated carbocycles. The quantitative estimate of drug-likeness (QED) is 0.177. The van der Waals surface area contributed by atoms with Crippen molar-refractivity contribution in [2.24, 2.45) is 0 Å². The zero-order valence-corrected chi connectivity index (χ0v) is 27.0. The average molecular weight is 644 g/mol. The molecule has 0 unspecified atom stereocenters. The molecule has 0 spiro atoms. The van der Waals surface area contributed by atoms with E-state index >= 15 is 0 Å². The van der Waals surface area contributed by atoms with Crippen LogP contribution >= 0.6 is 0 Å². The fraction of sp³-hybridized carbons (Fsp3) is 0.300. The molecule has 8 heteroatoms. The van der Waals surface area contributed by atoms with Gasteiger partial charge in [0.25, 0.3) is 0 Å². The summed E-state index contributed by atoms with van der Waals surface area (Å²) < 4.78 is 5.57. The number of alkyl carbamates (subject to hydrolysis) is 1. The van der Waals surface area contributed by atoms with Crippen LogP contribution < -0.4 is 16.0 Å². The first-order chi connectivity index (χ1) is 23.4. The number of ketones is 1. The smallest absolute Gasteiger partial charge is 0.408 e. The van der Waals surface area contributed by atoms with Gasteiger partial charge in [0, 0.05) is 36.4 Å². The zero-order chi connectivity index (χ0) is 33.3. The van der Waals surface area contributed by atoms with Crippen molar-refractivity contribution in [1.82, 2.24) is 16.0 Å². The van der Waals surface area contributed by atoms with Crippen molar-refractivity contribution in [2.75, 3.05) is 0 Å². The lowest BCUT2D eigenvalue weighted by molar-refractivity contribution is -0.133. The molecule has 0 bridgehead atoms. The molecule has 0 radical (unpaired) electrons. The van der Waals surface area contributed by atoms with Crippen molar-refractivity contribution in [3.05, 3.63) is 143 Å². The van der Waals surface area contributed by atoms with Gasteiger partial charge in [0.2, 0.25) is 11.8 Å². The van der Waals surface area contributed by atoms with Crippen molar-refractivity contribution >= 4 is 23.7 Å². The Morgan fingerprint density at radius 3 is 2.02 bits per heavy atom. The molecule has 2 aliphatic carbocycles. The number of fused-ring (bicyclic) bond motifs is 1. The third-order valence-electron chi connectivity index (χ3n) is 9.33. The average Bonchev–Trinajstić information content (AvgIpc) is 3.50. The van der Waals surface area contributed by atoms with E-state index in [0.29, 0.717) is 17.5 Å². The normalized spacial score (nSPS) is 17.8. The lowest BCUT2D eigenvalue weighted by Gasteiger charge is -2.32. The molecule has 0 saturated heterocycles. The maximum absolute atomic E-state index is 14.5. The highest BCUT2D eigenvalue weighted by molar-refractivity contribution is 6.09. The van der Waals surface area contributed by atoms with E-state index in [9.17, 15) is 19.2 Å². The molecule has 0 aromatic heterocycles. The van der Waals surface area contributed by atoms with Gasteiger partial charge in [0.05, 0.1) is 0 Å². The van der Waals surface area contributed by atoms with Crippen LogP contribution in [0.3, 0.4) is 0 Å². The van der Waals surface area contributed by atoms with Crippen molar-refractivity contribution in [3.63, 3.8) is 0 Å². The molecule has 8 nitrogen and oxygen atoms in total. The van der Waals surface area contributed by atoms with Gasteiger partial charge in [-0.05, 0) is 41.2 Å². The van der Waals surface area contributed by atoms with E-state index < -0.39 is 23.6 Å². The van der Waals surface area contributed by atoms with E-state index in [2.05, 4.69) is 16.0 Å². The second kappa shape index (κ2) is 15.1. The van der Waals surface area contributed by atoms with Gasteiger partial charge in [-0.1, -0.05) is 122 Å². The molecule has 0 heterocycles. The Balaban J connectivity index is 1.26. The molecule has 246 valence electrons. The fourth-order valence-electron chi connectivity index (χ4n) is 6.74. The molecule has 3 N–H and O–H groups in total. The molecule has 0 aliphatic heterocycles. The van der Waals surface area contributed by atoms with Gasteiger partial charge in [0.15, 0.2) is 5.78 Å². The van der Waals surface area contributed by atoms with Crippen LogP contribution in [0.4, 0.5) is 4.79 Å². The first-order valence-electron chi connectivity index (χ1n) is 16.7. The number of ether oxygens (including phenoxy) is 1. The summed E-state index contributed by atoms with van der Waals surface area (Å²) in [6.07, 6.45) is 4.97. The second-order valence-corrected chi connectivity index (χ2v) is 12.9. The Labute approximate surface area is 281 Å². The first-order valence-corrected chi connectivity index (χ1v) is 16.7. The number of hydrogen-bond acceptors (Lipinski definition) is 5. The Hall–Kier alpha value is -5.24. The van der Waals surface area contributed by atoms with Crippen molar-refractivity contribution in [2.45, 2.75) is 75.6 Å². The molecule has 6 rings (SSSR count). The maximum atomic E-state index is 14.5.